The second-order valence-corrected chi connectivity index (χ2v) is 7.07. The van der Waals surface area contributed by atoms with Crippen LogP contribution in [0.15, 0.2) is 16.8 Å². The molecule has 0 spiro atoms. The van der Waals surface area contributed by atoms with E-state index in [-0.39, 0.29) is 5.91 Å². The second-order valence-electron chi connectivity index (χ2n) is 6.29. The summed E-state index contributed by atoms with van der Waals surface area (Å²) in [5.74, 6) is 0.0468. The SMILES string of the molecule is CN1CCN(CC2(O)CCN(C(=O)c3ccsc3)C2)CC1. The predicted molar refractivity (Wildman–Crippen MR) is 83.7 cm³/mol. The minimum atomic E-state index is -0.748. The molecule has 2 fully saturated rings. The standard InChI is InChI=1S/C15H23N3O2S/c1-16-5-7-17(8-6-16)11-15(20)3-4-18(12-15)14(19)13-2-9-21-10-13/h2,9-10,20H,3-8,11-12H2,1H3. The van der Waals surface area contributed by atoms with Gasteiger partial charge in [0.15, 0.2) is 0 Å². The van der Waals surface area contributed by atoms with E-state index >= 15 is 0 Å². The van der Waals surface area contributed by atoms with Crippen LogP contribution in [0.5, 0.6) is 0 Å². The molecule has 1 amide bonds. The molecule has 0 bridgehead atoms. The number of thiophene rings is 1. The van der Waals surface area contributed by atoms with E-state index in [1.807, 2.05) is 16.8 Å². The van der Waals surface area contributed by atoms with Crippen molar-refractivity contribution >= 4 is 17.2 Å². The van der Waals surface area contributed by atoms with Gasteiger partial charge in [-0.15, -0.1) is 0 Å². The molecule has 1 aromatic rings. The molecule has 0 aromatic carbocycles. The molecule has 2 saturated heterocycles. The van der Waals surface area contributed by atoms with Gasteiger partial charge in [-0.1, -0.05) is 0 Å². The van der Waals surface area contributed by atoms with Crippen molar-refractivity contribution in [2.45, 2.75) is 12.0 Å². The van der Waals surface area contributed by atoms with Crippen molar-refractivity contribution in [1.29, 1.82) is 0 Å². The monoisotopic (exact) mass is 309 g/mol. The summed E-state index contributed by atoms with van der Waals surface area (Å²) in [7, 11) is 2.13. The Kier molecular flexibility index (Phi) is 4.31. The van der Waals surface area contributed by atoms with Crippen LogP contribution in [0, 0.1) is 0 Å². The van der Waals surface area contributed by atoms with Crippen molar-refractivity contribution in [2.75, 3.05) is 52.9 Å². The lowest BCUT2D eigenvalue weighted by Crippen LogP contribution is -2.52. The molecular formula is C15H23N3O2S. The normalized spacial score (nSPS) is 28.2. The van der Waals surface area contributed by atoms with E-state index in [1.165, 1.54) is 11.3 Å². The number of amides is 1. The number of likely N-dealkylation sites (tertiary alicyclic amines) is 1. The number of hydrogen-bond donors (Lipinski definition) is 1. The van der Waals surface area contributed by atoms with Crippen LogP contribution < -0.4 is 0 Å². The Balaban J connectivity index is 1.56. The number of likely N-dealkylation sites (N-methyl/N-ethyl adjacent to an activating group) is 1. The van der Waals surface area contributed by atoms with Crippen LogP contribution in [0.2, 0.25) is 0 Å². The summed E-state index contributed by atoms with van der Waals surface area (Å²) in [6.07, 6.45) is 0.676. The van der Waals surface area contributed by atoms with Gasteiger partial charge in [-0.2, -0.15) is 11.3 Å². The van der Waals surface area contributed by atoms with Crippen LogP contribution in [0.1, 0.15) is 16.8 Å². The number of β-amino-alcohol motifs (C(OH)–C–C–N with tert-alkyl or cyclic N) is 1. The number of aliphatic hydroxyl groups is 1. The van der Waals surface area contributed by atoms with E-state index in [1.54, 1.807) is 4.90 Å². The highest BCUT2D eigenvalue weighted by atomic mass is 32.1. The van der Waals surface area contributed by atoms with Gasteiger partial charge < -0.3 is 14.9 Å². The Morgan fingerprint density at radius 3 is 2.76 bits per heavy atom. The number of rotatable bonds is 3. The van der Waals surface area contributed by atoms with Gasteiger partial charge >= 0.3 is 0 Å². The van der Waals surface area contributed by atoms with Crippen LogP contribution in [0.4, 0.5) is 0 Å². The molecular weight excluding hydrogens is 286 g/mol. The van der Waals surface area contributed by atoms with Crippen molar-refractivity contribution in [3.63, 3.8) is 0 Å². The van der Waals surface area contributed by atoms with E-state index in [4.69, 9.17) is 0 Å². The first-order valence-electron chi connectivity index (χ1n) is 7.50. The third kappa shape index (κ3) is 3.45. The van der Waals surface area contributed by atoms with Crippen LogP contribution in [0.25, 0.3) is 0 Å². The minimum Gasteiger partial charge on any atom is -0.387 e. The van der Waals surface area contributed by atoms with Gasteiger partial charge in [0.25, 0.3) is 5.91 Å². The van der Waals surface area contributed by atoms with Crippen molar-refractivity contribution in [2.24, 2.45) is 0 Å². The smallest absolute Gasteiger partial charge is 0.254 e. The largest absolute Gasteiger partial charge is 0.387 e. The van der Waals surface area contributed by atoms with Gasteiger partial charge in [-0.25, -0.2) is 0 Å². The fourth-order valence-corrected chi connectivity index (χ4v) is 3.78. The molecule has 3 rings (SSSR count). The highest BCUT2D eigenvalue weighted by Gasteiger charge is 2.40. The van der Waals surface area contributed by atoms with Gasteiger partial charge in [0, 0.05) is 44.6 Å². The lowest BCUT2D eigenvalue weighted by atomic mass is 10.0. The fraction of sp³-hybridized carbons (Fsp3) is 0.667. The van der Waals surface area contributed by atoms with E-state index in [9.17, 15) is 9.90 Å². The molecule has 1 unspecified atom stereocenters. The van der Waals surface area contributed by atoms with Gasteiger partial charge in [0.1, 0.15) is 0 Å². The molecule has 1 atom stereocenters. The summed E-state index contributed by atoms with van der Waals surface area (Å²) in [5.41, 5.74) is -0.00875. The summed E-state index contributed by atoms with van der Waals surface area (Å²) in [6, 6.07) is 1.85. The highest BCUT2D eigenvalue weighted by molar-refractivity contribution is 7.08. The molecule has 1 aromatic heterocycles. The molecule has 3 heterocycles. The zero-order chi connectivity index (χ0) is 14.9. The molecule has 0 aliphatic carbocycles. The maximum atomic E-state index is 12.3. The average Bonchev–Trinajstić information content (AvgIpc) is 3.11. The summed E-state index contributed by atoms with van der Waals surface area (Å²) in [5, 5.41) is 14.6. The first kappa shape index (κ1) is 15.0. The minimum absolute atomic E-state index is 0.0468. The third-order valence-corrected chi connectivity index (χ3v) is 5.18. The Hall–Kier alpha value is -0.950. The molecule has 2 aliphatic rings. The van der Waals surface area contributed by atoms with Crippen LogP contribution >= 0.6 is 11.3 Å². The maximum absolute atomic E-state index is 12.3. The molecule has 116 valence electrons. The number of hydrogen-bond acceptors (Lipinski definition) is 5. The summed E-state index contributed by atoms with van der Waals surface area (Å²) >= 11 is 1.53. The molecule has 0 saturated carbocycles. The Morgan fingerprint density at radius 1 is 1.33 bits per heavy atom. The molecule has 21 heavy (non-hydrogen) atoms. The zero-order valence-corrected chi connectivity index (χ0v) is 13.3. The van der Waals surface area contributed by atoms with E-state index in [2.05, 4.69) is 16.8 Å². The maximum Gasteiger partial charge on any atom is 0.254 e. The third-order valence-electron chi connectivity index (χ3n) is 4.50. The first-order valence-corrected chi connectivity index (χ1v) is 8.45. The van der Waals surface area contributed by atoms with Crippen molar-refractivity contribution in [3.05, 3.63) is 22.4 Å². The lowest BCUT2D eigenvalue weighted by molar-refractivity contribution is 0.000530. The topological polar surface area (TPSA) is 47.0 Å². The number of piperazine rings is 1. The Labute approximate surface area is 129 Å². The number of carbonyl (C=O) groups is 1. The zero-order valence-electron chi connectivity index (χ0n) is 12.5. The Bertz CT molecular complexity index is 485. The number of nitrogens with zero attached hydrogens (tertiary/aromatic N) is 3. The van der Waals surface area contributed by atoms with Crippen molar-refractivity contribution < 1.29 is 9.90 Å². The lowest BCUT2D eigenvalue weighted by Gasteiger charge is -2.36. The van der Waals surface area contributed by atoms with Crippen molar-refractivity contribution in [1.82, 2.24) is 14.7 Å². The molecule has 2 aliphatic heterocycles. The van der Waals surface area contributed by atoms with E-state index in [0.29, 0.717) is 26.1 Å². The van der Waals surface area contributed by atoms with Crippen LogP contribution in [-0.4, -0.2) is 84.2 Å². The van der Waals surface area contributed by atoms with E-state index in [0.717, 1.165) is 31.7 Å². The van der Waals surface area contributed by atoms with Gasteiger partial charge in [0.05, 0.1) is 17.7 Å². The summed E-state index contributed by atoms with van der Waals surface area (Å²) in [4.78, 5) is 18.7. The van der Waals surface area contributed by atoms with Gasteiger partial charge in [-0.05, 0) is 24.9 Å². The molecule has 0 radical (unpaired) electrons. The molecule has 5 nitrogen and oxygen atoms in total. The Morgan fingerprint density at radius 2 is 2.10 bits per heavy atom. The average molecular weight is 309 g/mol. The van der Waals surface area contributed by atoms with Gasteiger partial charge in [0.2, 0.25) is 0 Å². The highest BCUT2D eigenvalue weighted by Crippen LogP contribution is 2.25. The fourth-order valence-electron chi connectivity index (χ4n) is 3.15. The summed E-state index contributed by atoms with van der Waals surface area (Å²) in [6.45, 7) is 5.87. The molecule has 6 heteroatoms. The quantitative estimate of drug-likeness (QED) is 0.887. The number of carbonyl (C=O) groups excluding carboxylic acids is 1. The van der Waals surface area contributed by atoms with E-state index < -0.39 is 5.60 Å². The van der Waals surface area contributed by atoms with Gasteiger partial charge in [-0.3, -0.25) is 9.69 Å². The predicted octanol–water partition coefficient (Wildman–Crippen LogP) is 0.573. The second kappa shape index (κ2) is 6.04. The van der Waals surface area contributed by atoms with Crippen molar-refractivity contribution in [3.8, 4) is 0 Å². The van der Waals surface area contributed by atoms with Crippen LogP contribution in [-0.2, 0) is 0 Å². The van der Waals surface area contributed by atoms with Crippen LogP contribution in [0.3, 0.4) is 0 Å². The first-order chi connectivity index (χ1) is 10.1. The summed E-state index contributed by atoms with van der Waals surface area (Å²) < 4.78 is 0. The molecule has 1 N–H and O–H groups in total.